The van der Waals surface area contributed by atoms with Gasteiger partial charge in [-0.15, -0.1) is 5.10 Å². The van der Waals surface area contributed by atoms with Gasteiger partial charge in [0.2, 0.25) is 6.23 Å². The van der Waals surface area contributed by atoms with Gasteiger partial charge in [-0.05, 0) is 30.6 Å². The van der Waals surface area contributed by atoms with Crippen LogP contribution in [0.1, 0.15) is 50.0 Å². The summed E-state index contributed by atoms with van der Waals surface area (Å²) in [4.78, 5) is 2.05. The van der Waals surface area contributed by atoms with Gasteiger partial charge in [0.15, 0.2) is 0 Å². The van der Waals surface area contributed by atoms with Crippen LogP contribution >= 0.6 is 11.3 Å². The van der Waals surface area contributed by atoms with E-state index in [9.17, 15) is 10.3 Å². The van der Waals surface area contributed by atoms with Crippen LogP contribution in [0.3, 0.4) is 0 Å². The standard InChI is InChI=1S/C15H26N4O3S/c1-3-4-5-8-18-10-19(21,14(20)12(18)9-22-2)15-17-16-13(23-15)11-6-7-11/h11-12,14,20H,3-10H2,1-2H3. The van der Waals surface area contributed by atoms with E-state index in [0.717, 1.165) is 43.7 Å². The molecule has 8 heteroatoms. The lowest BCUT2D eigenvalue weighted by Crippen LogP contribution is -2.51. The van der Waals surface area contributed by atoms with E-state index >= 15 is 0 Å². The normalized spacial score (nSPS) is 31.8. The molecule has 2 aliphatic rings. The molecule has 3 atom stereocenters. The van der Waals surface area contributed by atoms with Gasteiger partial charge in [-0.2, -0.15) is 0 Å². The largest absolute Gasteiger partial charge is 0.623 e. The van der Waals surface area contributed by atoms with Crippen LogP contribution in [-0.4, -0.2) is 59.4 Å². The van der Waals surface area contributed by atoms with Crippen molar-refractivity contribution >= 4 is 16.5 Å². The molecular weight excluding hydrogens is 316 g/mol. The summed E-state index contributed by atoms with van der Waals surface area (Å²) in [7, 11) is 1.60. The molecule has 130 valence electrons. The average Bonchev–Trinajstić information content (AvgIpc) is 3.22. The maximum Gasteiger partial charge on any atom is 0.309 e. The Morgan fingerprint density at radius 2 is 2.17 bits per heavy atom. The molecule has 0 aromatic carbocycles. The SMILES string of the molecule is CCCCCN1C[N+]([O-])(c2nnc(C3CC3)s2)C(O)C1COC. The molecule has 1 aliphatic carbocycles. The second kappa shape index (κ2) is 7.08. The van der Waals surface area contributed by atoms with Gasteiger partial charge in [-0.1, -0.05) is 24.9 Å². The molecule has 23 heavy (non-hydrogen) atoms. The maximum atomic E-state index is 13.3. The monoisotopic (exact) mass is 342 g/mol. The summed E-state index contributed by atoms with van der Waals surface area (Å²) < 4.78 is 4.42. The first-order valence-corrected chi connectivity index (χ1v) is 9.25. The number of quaternary nitrogens is 1. The Kier molecular flexibility index (Phi) is 5.29. The van der Waals surface area contributed by atoms with Crippen molar-refractivity contribution in [2.75, 3.05) is 26.9 Å². The number of hydrogen-bond acceptors (Lipinski definition) is 7. The molecule has 3 rings (SSSR count). The van der Waals surface area contributed by atoms with E-state index < -0.39 is 10.9 Å². The van der Waals surface area contributed by atoms with Gasteiger partial charge < -0.3 is 15.1 Å². The number of hydrogen-bond donors (Lipinski definition) is 1. The van der Waals surface area contributed by atoms with E-state index in [1.165, 1.54) is 11.3 Å². The second-order valence-electron chi connectivity index (χ2n) is 6.59. The van der Waals surface area contributed by atoms with Crippen molar-refractivity contribution in [2.45, 2.75) is 57.2 Å². The fraction of sp³-hybridized carbons (Fsp3) is 0.867. The number of nitrogens with zero attached hydrogens (tertiary/aromatic N) is 4. The van der Waals surface area contributed by atoms with Crippen molar-refractivity contribution in [3.05, 3.63) is 10.2 Å². The number of methoxy groups -OCH3 is 1. The van der Waals surface area contributed by atoms with Crippen molar-refractivity contribution in [1.82, 2.24) is 19.7 Å². The highest BCUT2D eigenvalue weighted by molar-refractivity contribution is 7.15. The quantitative estimate of drug-likeness (QED) is 0.442. The van der Waals surface area contributed by atoms with E-state index in [2.05, 4.69) is 22.0 Å². The highest BCUT2D eigenvalue weighted by atomic mass is 32.1. The first-order valence-electron chi connectivity index (χ1n) is 8.44. The van der Waals surface area contributed by atoms with Gasteiger partial charge in [0.05, 0.1) is 6.61 Å². The first kappa shape index (κ1) is 17.2. The highest BCUT2D eigenvalue weighted by Crippen LogP contribution is 2.45. The lowest BCUT2D eigenvalue weighted by atomic mass is 10.2. The van der Waals surface area contributed by atoms with Gasteiger partial charge in [0.1, 0.15) is 17.7 Å². The summed E-state index contributed by atoms with van der Waals surface area (Å²) >= 11 is 1.36. The van der Waals surface area contributed by atoms with Gasteiger partial charge in [-0.25, -0.2) is 4.90 Å². The molecule has 1 aliphatic heterocycles. The Morgan fingerprint density at radius 1 is 1.39 bits per heavy atom. The molecule has 2 fully saturated rings. The molecule has 1 saturated heterocycles. The zero-order valence-electron chi connectivity index (χ0n) is 13.8. The van der Waals surface area contributed by atoms with Crippen LogP contribution in [0.5, 0.6) is 0 Å². The zero-order chi connectivity index (χ0) is 16.4. The number of rotatable bonds is 8. The van der Waals surface area contributed by atoms with Gasteiger partial charge in [-0.3, -0.25) is 4.65 Å². The molecule has 0 radical (unpaired) electrons. The van der Waals surface area contributed by atoms with Crippen LogP contribution in [0.4, 0.5) is 5.13 Å². The third-order valence-corrected chi connectivity index (χ3v) is 5.90. The highest BCUT2D eigenvalue weighted by Gasteiger charge is 2.50. The molecule has 1 saturated carbocycles. The molecule has 0 amide bonds. The van der Waals surface area contributed by atoms with E-state index in [1.54, 1.807) is 7.11 Å². The van der Waals surface area contributed by atoms with E-state index in [-0.39, 0.29) is 12.7 Å². The number of ether oxygens (including phenoxy) is 1. The molecular formula is C15H26N4O3S. The molecule has 1 N–H and O–H groups in total. The van der Waals surface area contributed by atoms with Gasteiger partial charge >= 0.3 is 5.13 Å². The number of aliphatic hydroxyl groups excluding tert-OH is 1. The molecule has 7 nitrogen and oxygen atoms in total. The summed E-state index contributed by atoms with van der Waals surface area (Å²) in [5, 5.41) is 33.6. The Bertz CT molecular complexity index is 525. The van der Waals surface area contributed by atoms with Crippen molar-refractivity contribution in [3.63, 3.8) is 0 Å². The third-order valence-electron chi connectivity index (χ3n) is 4.70. The third kappa shape index (κ3) is 3.42. The minimum Gasteiger partial charge on any atom is -0.623 e. The van der Waals surface area contributed by atoms with Crippen LogP contribution in [0, 0.1) is 5.21 Å². The summed E-state index contributed by atoms with van der Waals surface area (Å²) in [6.45, 7) is 3.53. The Labute approximate surface area is 141 Å². The summed E-state index contributed by atoms with van der Waals surface area (Å²) in [6.07, 6.45) is 4.46. The van der Waals surface area contributed by atoms with E-state index in [0.29, 0.717) is 17.7 Å². The lowest BCUT2D eigenvalue weighted by Gasteiger charge is -2.37. The Hall–Kier alpha value is -0.640. The molecule has 0 bridgehead atoms. The predicted molar refractivity (Wildman–Crippen MR) is 89.8 cm³/mol. The number of aliphatic hydroxyl groups is 1. The first-order chi connectivity index (χ1) is 11.1. The topological polar surface area (TPSA) is 81.5 Å². The van der Waals surface area contributed by atoms with Gasteiger partial charge in [0, 0.05) is 19.6 Å². The summed E-state index contributed by atoms with van der Waals surface area (Å²) in [5.74, 6) is 0.475. The average molecular weight is 342 g/mol. The summed E-state index contributed by atoms with van der Waals surface area (Å²) in [6, 6.07) is -0.289. The number of unbranched alkanes of at least 4 members (excludes halogenated alkanes) is 2. The smallest absolute Gasteiger partial charge is 0.309 e. The van der Waals surface area contributed by atoms with Crippen LogP contribution in [0.25, 0.3) is 0 Å². The zero-order valence-corrected chi connectivity index (χ0v) is 14.7. The Balaban J connectivity index is 1.76. The summed E-state index contributed by atoms with van der Waals surface area (Å²) in [5.41, 5.74) is 0. The molecule has 2 heterocycles. The van der Waals surface area contributed by atoms with Crippen LogP contribution < -0.4 is 4.65 Å². The number of hydroxylamine groups is 2. The number of aromatic nitrogens is 2. The lowest BCUT2D eigenvalue weighted by molar-refractivity contribution is 0.0190. The van der Waals surface area contributed by atoms with Crippen molar-refractivity contribution in [3.8, 4) is 0 Å². The fourth-order valence-electron chi connectivity index (χ4n) is 3.14. The van der Waals surface area contributed by atoms with Gasteiger partial charge in [0.25, 0.3) is 0 Å². The minimum atomic E-state index is -1.07. The fourth-order valence-corrected chi connectivity index (χ4v) is 4.21. The molecule has 3 unspecified atom stereocenters. The minimum absolute atomic E-state index is 0.220. The maximum absolute atomic E-state index is 13.3. The Morgan fingerprint density at radius 3 is 2.83 bits per heavy atom. The van der Waals surface area contributed by atoms with Crippen LogP contribution in [-0.2, 0) is 4.74 Å². The van der Waals surface area contributed by atoms with E-state index in [1.807, 2.05) is 0 Å². The van der Waals surface area contributed by atoms with Crippen molar-refractivity contribution < 1.29 is 9.84 Å². The molecule has 0 spiro atoms. The van der Waals surface area contributed by atoms with Crippen molar-refractivity contribution in [1.29, 1.82) is 0 Å². The predicted octanol–water partition coefficient (Wildman–Crippen LogP) is 2.02. The second-order valence-corrected chi connectivity index (χ2v) is 7.58. The van der Waals surface area contributed by atoms with Crippen LogP contribution in [0.2, 0.25) is 0 Å². The van der Waals surface area contributed by atoms with Crippen molar-refractivity contribution in [2.24, 2.45) is 0 Å². The van der Waals surface area contributed by atoms with Crippen LogP contribution in [0.15, 0.2) is 0 Å². The molecule has 1 aromatic heterocycles. The van der Waals surface area contributed by atoms with E-state index in [4.69, 9.17) is 4.74 Å². The molecule has 1 aromatic rings.